The predicted molar refractivity (Wildman–Crippen MR) is 103 cm³/mol. The van der Waals surface area contributed by atoms with E-state index >= 15 is 0 Å². The van der Waals surface area contributed by atoms with Gasteiger partial charge >= 0.3 is 0 Å². The van der Waals surface area contributed by atoms with Gasteiger partial charge in [0.1, 0.15) is 5.82 Å². The molecule has 0 spiro atoms. The zero-order valence-electron chi connectivity index (χ0n) is 15.6. The van der Waals surface area contributed by atoms with Gasteiger partial charge in [-0.15, -0.1) is 0 Å². The van der Waals surface area contributed by atoms with E-state index in [9.17, 15) is 9.18 Å². The minimum Gasteiger partial charge on any atom is -0.273 e. The third-order valence-electron chi connectivity index (χ3n) is 4.28. The molecule has 25 heavy (non-hydrogen) atoms. The van der Waals surface area contributed by atoms with Crippen LogP contribution in [0.25, 0.3) is 0 Å². The van der Waals surface area contributed by atoms with Gasteiger partial charge in [-0.3, -0.25) is 4.79 Å². The zero-order valence-corrected chi connectivity index (χ0v) is 15.6. The van der Waals surface area contributed by atoms with Crippen molar-refractivity contribution >= 4 is 12.1 Å². The van der Waals surface area contributed by atoms with Crippen LogP contribution in [0, 0.1) is 5.82 Å². The summed E-state index contributed by atoms with van der Waals surface area (Å²) in [5, 5.41) is 3.89. The van der Waals surface area contributed by atoms with Gasteiger partial charge in [0, 0.05) is 6.42 Å². The minimum atomic E-state index is -0.280. The molecule has 0 aliphatic rings. The van der Waals surface area contributed by atoms with Crippen molar-refractivity contribution in [2.75, 3.05) is 0 Å². The average Bonchev–Trinajstić information content (AvgIpc) is 2.61. The van der Waals surface area contributed by atoms with Crippen LogP contribution in [0.3, 0.4) is 0 Å². The first-order chi connectivity index (χ1) is 12.2. The Balaban J connectivity index is 1.92. The molecule has 1 aromatic rings. The van der Waals surface area contributed by atoms with Crippen LogP contribution in [0.2, 0.25) is 0 Å². The highest BCUT2D eigenvalue weighted by atomic mass is 19.1. The fourth-order valence-corrected chi connectivity index (χ4v) is 2.73. The first-order valence-electron chi connectivity index (χ1n) is 9.80. The van der Waals surface area contributed by atoms with Crippen molar-refractivity contribution in [3.05, 3.63) is 35.6 Å². The molecule has 1 rings (SSSR count). The molecule has 4 heteroatoms. The van der Waals surface area contributed by atoms with Crippen molar-refractivity contribution in [2.24, 2.45) is 5.10 Å². The van der Waals surface area contributed by atoms with Crippen LogP contribution in [0.4, 0.5) is 4.39 Å². The molecular formula is C21H33FN2O. The van der Waals surface area contributed by atoms with E-state index in [1.54, 1.807) is 12.1 Å². The first-order valence-corrected chi connectivity index (χ1v) is 9.80. The monoisotopic (exact) mass is 348 g/mol. The second-order valence-electron chi connectivity index (χ2n) is 6.63. The molecule has 0 bridgehead atoms. The van der Waals surface area contributed by atoms with Gasteiger partial charge in [-0.05, 0) is 24.1 Å². The predicted octanol–water partition coefficient (Wildman–Crippen LogP) is 5.98. The van der Waals surface area contributed by atoms with Crippen LogP contribution in [0.15, 0.2) is 29.4 Å². The smallest absolute Gasteiger partial charge is 0.240 e. The van der Waals surface area contributed by atoms with Gasteiger partial charge in [0.15, 0.2) is 0 Å². The number of unbranched alkanes of at least 4 members (excludes halogenated alkanes) is 10. The quantitative estimate of drug-likeness (QED) is 0.251. The van der Waals surface area contributed by atoms with E-state index in [1.165, 1.54) is 76.1 Å². The number of amides is 1. The Morgan fingerprint density at radius 2 is 1.44 bits per heavy atom. The lowest BCUT2D eigenvalue weighted by Crippen LogP contribution is -2.16. The molecule has 1 amide bonds. The molecule has 0 aliphatic heterocycles. The number of nitrogens with zero attached hydrogens (tertiary/aromatic N) is 1. The van der Waals surface area contributed by atoms with Gasteiger partial charge in [0.2, 0.25) is 5.91 Å². The van der Waals surface area contributed by atoms with Crippen molar-refractivity contribution in [3.8, 4) is 0 Å². The molecule has 0 heterocycles. The van der Waals surface area contributed by atoms with Gasteiger partial charge in [0.05, 0.1) is 6.21 Å². The fraction of sp³-hybridized carbons (Fsp3) is 0.619. The number of rotatable bonds is 14. The standard InChI is InChI=1S/C21H33FN2O/c1-2-3-4-5-6-7-8-9-10-11-12-13-21(25)24-23-18-19-14-16-20(22)17-15-19/h14-18H,2-13H2,1H3,(H,24,25)/b23-18+. The Morgan fingerprint density at radius 1 is 0.920 bits per heavy atom. The molecule has 0 fully saturated rings. The first kappa shape index (κ1) is 21.3. The topological polar surface area (TPSA) is 41.5 Å². The van der Waals surface area contributed by atoms with Crippen LogP contribution in [-0.4, -0.2) is 12.1 Å². The minimum absolute atomic E-state index is 0.0608. The Labute approximate surface area is 152 Å². The highest BCUT2D eigenvalue weighted by Gasteiger charge is 1.99. The average molecular weight is 349 g/mol. The van der Waals surface area contributed by atoms with Crippen molar-refractivity contribution in [2.45, 2.75) is 84.0 Å². The normalized spacial score (nSPS) is 11.1. The van der Waals surface area contributed by atoms with E-state index in [-0.39, 0.29) is 11.7 Å². The summed E-state index contributed by atoms with van der Waals surface area (Å²) in [6.45, 7) is 2.25. The van der Waals surface area contributed by atoms with Gasteiger partial charge < -0.3 is 0 Å². The number of carbonyl (C=O) groups is 1. The lowest BCUT2D eigenvalue weighted by atomic mass is 10.1. The Hall–Kier alpha value is -1.71. The van der Waals surface area contributed by atoms with Crippen LogP contribution in [0.5, 0.6) is 0 Å². The third kappa shape index (κ3) is 12.3. The SMILES string of the molecule is CCCCCCCCCCCCCC(=O)N/N=C/c1ccc(F)cc1. The Morgan fingerprint density at radius 3 is 2.00 bits per heavy atom. The second kappa shape index (κ2) is 14.6. The summed E-state index contributed by atoms with van der Waals surface area (Å²) < 4.78 is 12.8. The summed E-state index contributed by atoms with van der Waals surface area (Å²) >= 11 is 0. The number of carbonyl (C=O) groups excluding carboxylic acids is 1. The molecule has 0 saturated carbocycles. The molecular weight excluding hydrogens is 315 g/mol. The molecule has 3 nitrogen and oxygen atoms in total. The maximum atomic E-state index is 12.8. The molecule has 0 unspecified atom stereocenters. The van der Waals surface area contributed by atoms with E-state index in [2.05, 4.69) is 17.5 Å². The third-order valence-corrected chi connectivity index (χ3v) is 4.28. The highest BCUT2D eigenvalue weighted by molar-refractivity contribution is 5.82. The lowest BCUT2D eigenvalue weighted by Gasteiger charge is -2.02. The van der Waals surface area contributed by atoms with Gasteiger partial charge in [0.25, 0.3) is 0 Å². The van der Waals surface area contributed by atoms with Crippen LogP contribution >= 0.6 is 0 Å². The Kier molecular flexibility index (Phi) is 12.5. The van der Waals surface area contributed by atoms with Gasteiger partial charge in [-0.2, -0.15) is 5.10 Å². The summed E-state index contributed by atoms with van der Waals surface area (Å²) in [7, 11) is 0. The number of hydrogen-bond acceptors (Lipinski definition) is 2. The highest BCUT2D eigenvalue weighted by Crippen LogP contribution is 2.11. The van der Waals surface area contributed by atoms with Crippen LogP contribution < -0.4 is 5.43 Å². The number of nitrogens with one attached hydrogen (secondary N) is 1. The summed E-state index contributed by atoms with van der Waals surface area (Å²) in [5.74, 6) is -0.341. The largest absolute Gasteiger partial charge is 0.273 e. The van der Waals surface area contributed by atoms with Crippen molar-refractivity contribution in [1.29, 1.82) is 0 Å². The molecule has 0 aliphatic carbocycles. The maximum Gasteiger partial charge on any atom is 0.240 e. The molecule has 0 aromatic heterocycles. The van der Waals surface area contributed by atoms with E-state index in [1.807, 2.05) is 0 Å². The van der Waals surface area contributed by atoms with Gasteiger partial charge in [-0.1, -0.05) is 83.3 Å². The maximum absolute atomic E-state index is 12.8. The molecule has 0 atom stereocenters. The fourth-order valence-electron chi connectivity index (χ4n) is 2.73. The van der Waals surface area contributed by atoms with E-state index in [4.69, 9.17) is 0 Å². The molecule has 140 valence electrons. The number of hydrazone groups is 1. The van der Waals surface area contributed by atoms with Crippen LogP contribution in [0.1, 0.15) is 89.5 Å². The van der Waals surface area contributed by atoms with E-state index in [0.717, 1.165) is 18.4 Å². The van der Waals surface area contributed by atoms with Crippen molar-refractivity contribution in [3.63, 3.8) is 0 Å². The van der Waals surface area contributed by atoms with E-state index in [0.29, 0.717) is 6.42 Å². The molecule has 1 aromatic carbocycles. The van der Waals surface area contributed by atoms with Gasteiger partial charge in [-0.25, -0.2) is 9.82 Å². The van der Waals surface area contributed by atoms with E-state index < -0.39 is 0 Å². The summed E-state index contributed by atoms with van der Waals surface area (Å²) in [5.41, 5.74) is 3.28. The summed E-state index contributed by atoms with van der Waals surface area (Å²) in [6, 6.07) is 5.98. The number of halogens is 1. The summed E-state index contributed by atoms with van der Waals surface area (Å²) in [6.07, 6.45) is 16.0. The van der Waals surface area contributed by atoms with Crippen molar-refractivity contribution < 1.29 is 9.18 Å². The summed E-state index contributed by atoms with van der Waals surface area (Å²) in [4.78, 5) is 11.7. The lowest BCUT2D eigenvalue weighted by molar-refractivity contribution is -0.121. The second-order valence-corrected chi connectivity index (χ2v) is 6.63. The van der Waals surface area contributed by atoms with Crippen LogP contribution in [-0.2, 0) is 4.79 Å². The number of benzene rings is 1. The Bertz CT molecular complexity index is 485. The molecule has 0 saturated heterocycles. The molecule has 0 radical (unpaired) electrons. The molecule has 1 N–H and O–H groups in total. The zero-order chi connectivity index (χ0) is 18.2. The number of hydrogen-bond donors (Lipinski definition) is 1. The van der Waals surface area contributed by atoms with Crippen molar-refractivity contribution in [1.82, 2.24) is 5.43 Å².